The Kier molecular flexibility index (Phi) is 37.6. The third-order valence-corrected chi connectivity index (χ3v) is 11.4. The Morgan fingerprint density at radius 3 is 1.15 bits per heavy atom. The lowest BCUT2D eigenvalue weighted by Crippen LogP contribution is -2.50. The molecule has 1 amide bonds. The fraction of sp³-hybridized carbons (Fsp3) is 0.932. The van der Waals surface area contributed by atoms with E-state index in [1.807, 2.05) is 0 Å². The highest BCUT2D eigenvalue weighted by atomic mass is 32.2. The second-order valence-electron chi connectivity index (χ2n) is 15.8. The van der Waals surface area contributed by atoms with Crippen molar-refractivity contribution < 1.29 is 28.0 Å². The summed E-state index contributed by atoms with van der Waals surface area (Å²) in [5.74, 6) is -1.45. The number of aliphatic hydroxyl groups is 2. The van der Waals surface area contributed by atoms with Crippen LogP contribution in [0.2, 0.25) is 0 Å². The Hall–Kier alpha value is -0.960. The summed E-state index contributed by atoms with van der Waals surface area (Å²) in [6.45, 7) is 4.52. The number of rotatable bonds is 41. The lowest BCUT2D eigenvalue weighted by molar-refractivity contribution is -0.131. The zero-order valence-electron chi connectivity index (χ0n) is 34.3. The molecule has 0 aromatic rings. The number of unbranched alkanes of at least 4 members (excludes halogenated alkanes) is 30. The largest absolute Gasteiger partial charge is 0.391 e. The number of aliphatic hydroxyl groups excluding tert-OH is 2. The molecule has 0 aromatic carbocycles. The molecular formula is C44H87NO6S. The molecule has 0 saturated heterocycles. The van der Waals surface area contributed by atoms with E-state index in [-0.39, 0.29) is 0 Å². The smallest absolute Gasteiger partial charge is 0.266 e. The average molecular weight is 758 g/mol. The third kappa shape index (κ3) is 37.4. The van der Waals surface area contributed by atoms with E-state index in [1.165, 1.54) is 154 Å². The maximum absolute atomic E-state index is 12.6. The van der Waals surface area contributed by atoms with E-state index in [2.05, 4.69) is 31.3 Å². The summed E-state index contributed by atoms with van der Waals surface area (Å²) in [6.07, 6.45) is 43.7. The molecule has 0 rings (SSSR count). The molecule has 7 nitrogen and oxygen atoms in total. The van der Waals surface area contributed by atoms with Crippen LogP contribution < -0.4 is 5.32 Å². The number of nitrogens with one attached hydrogen (secondary N) is 1. The monoisotopic (exact) mass is 758 g/mol. The van der Waals surface area contributed by atoms with Gasteiger partial charge in [-0.3, -0.25) is 9.35 Å². The van der Waals surface area contributed by atoms with Crippen LogP contribution in [0.15, 0.2) is 12.2 Å². The molecule has 0 aliphatic rings. The summed E-state index contributed by atoms with van der Waals surface area (Å²) in [4.78, 5) is 12.6. The lowest BCUT2D eigenvalue weighted by atomic mass is 10.0. The van der Waals surface area contributed by atoms with Gasteiger partial charge in [0, 0.05) is 0 Å². The van der Waals surface area contributed by atoms with Gasteiger partial charge in [0.05, 0.1) is 17.9 Å². The highest BCUT2D eigenvalue weighted by Gasteiger charge is 2.28. The number of hydrogen-bond acceptors (Lipinski definition) is 5. The van der Waals surface area contributed by atoms with Crippen LogP contribution in [0.4, 0.5) is 0 Å². The van der Waals surface area contributed by atoms with Crippen molar-refractivity contribution in [2.75, 3.05) is 5.75 Å². The van der Waals surface area contributed by atoms with Crippen molar-refractivity contribution in [3.05, 3.63) is 12.2 Å². The molecule has 52 heavy (non-hydrogen) atoms. The Bertz CT molecular complexity index is 895. The van der Waals surface area contributed by atoms with Crippen molar-refractivity contribution in [3.8, 4) is 0 Å². The standard InChI is InChI=1S/C44H87NO6S/c1-3-5-7-9-11-13-15-17-19-20-21-22-23-24-25-27-29-31-33-35-37-39-43(47)44(48)45-41(40-52(49,50)51)42(46)38-36-34-32-30-28-26-18-16-14-12-10-8-6-4-2/h23-24,41-43,46-47H,3-22,25-40H2,1-2H3,(H,45,48)(H,49,50,51)/b24-23-. The lowest BCUT2D eigenvalue weighted by Gasteiger charge is -2.24. The first-order valence-corrected chi connectivity index (χ1v) is 24.1. The second kappa shape index (κ2) is 38.3. The molecule has 3 unspecified atom stereocenters. The van der Waals surface area contributed by atoms with E-state index in [0.717, 1.165) is 51.4 Å². The molecule has 4 N–H and O–H groups in total. The SMILES string of the molecule is CCCCCCCCCCCCC/C=C\CCCCCCCCC(O)C(=O)NC(CS(=O)(=O)O)C(O)CCCCCCCCCCCCCCCC. The second-order valence-corrected chi connectivity index (χ2v) is 17.3. The number of hydrogen-bond donors (Lipinski definition) is 4. The predicted molar refractivity (Wildman–Crippen MR) is 222 cm³/mol. The minimum Gasteiger partial charge on any atom is -0.391 e. The highest BCUT2D eigenvalue weighted by Crippen LogP contribution is 2.16. The molecule has 0 bridgehead atoms. The molecule has 8 heteroatoms. The zero-order chi connectivity index (χ0) is 38.4. The molecule has 0 heterocycles. The molecule has 0 aliphatic heterocycles. The normalized spacial score (nSPS) is 13.9. The van der Waals surface area contributed by atoms with Gasteiger partial charge in [0.1, 0.15) is 6.10 Å². The molecule has 0 radical (unpaired) electrons. The van der Waals surface area contributed by atoms with E-state index < -0.39 is 40.0 Å². The zero-order valence-corrected chi connectivity index (χ0v) is 35.1. The van der Waals surface area contributed by atoms with Gasteiger partial charge in [-0.15, -0.1) is 0 Å². The van der Waals surface area contributed by atoms with Gasteiger partial charge in [0.15, 0.2) is 0 Å². The van der Waals surface area contributed by atoms with Gasteiger partial charge in [-0.2, -0.15) is 8.42 Å². The minimum absolute atomic E-state index is 0.293. The van der Waals surface area contributed by atoms with Crippen molar-refractivity contribution in [1.82, 2.24) is 5.32 Å². The van der Waals surface area contributed by atoms with Crippen LogP contribution in [0.3, 0.4) is 0 Å². The van der Waals surface area contributed by atoms with Crippen molar-refractivity contribution in [2.24, 2.45) is 0 Å². The van der Waals surface area contributed by atoms with Crippen LogP contribution in [0.25, 0.3) is 0 Å². The third-order valence-electron chi connectivity index (χ3n) is 10.6. The van der Waals surface area contributed by atoms with Crippen LogP contribution in [-0.4, -0.2) is 53.1 Å². The molecule has 0 aliphatic carbocycles. The van der Waals surface area contributed by atoms with Crippen LogP contribution in [0.5, 0.6) is 0 Å². The molecule has 0 fully saturated rings. The summed E-state index contributed by atoms with van der Waals surface area (Å²) in [7, 11) is -4.41. The van der Waals surface area contributed by atoms with Crippen LogP contribution in [-0.2, 0) is 14.9 Å². The summed E-state index contributed by atoms with van der Waals surface area (Å²) in [5.41, 5.74) is 0. The number of carbonyl (C=O) groups is 1. The number of allylic oxidation sites excluding steroid dienone is 2. The summed E-state index contributed by atoms with van der Waals surface area (Å²) >= 11 is 0. The molecule has 3 atom stereocenters. The highest BCUT2D eigenvalue weighted by molar-refractivity contribution is 7.85. The van der Waals surface area contributed by atoms with Crippen molar-refractivity contribution in [3.63, 3.8) is 0 Å². The summed E-state index contributed by atoms with van der Waals surface area (Å²) in [6, 6.07) is -1.15. The first kappa shape index (κ1) is 51.0. The summed E-state index contributed by atoms with van der Waals surface area (Å²) in [5, 5.41) is 23.6. The van der Waals surface area contributed by atoms with E-state index in [9.17, 15) is 28.0 Å². The molecular weight excluding hydrogens is 671 g/mol. The van der Waals surface area contributed by atoms with Crippen molar-refractivity contribution in [1.29, 1.82) is 0 Å². The number of carbonyl (C=O) groups excluding carboxylic acids is 1. The van der Waals surface area contributed by atoms with Gasteiger partial charge in [-0.1, -0.05) is 212 Å². The maximum Gasteiger partial charge on any atom is 0.266 e. The molecule has 0 aromatic heterocycles. The Morgan fingerprint density at radius 2 is 0.808 bits per heavy atom. The predicted octanol–water partition coefficient (Wildman–Crippen LogP) is 12.3. The maximum atomic E-state index is 12.6. The van der Waals surface area contributed by atoms with Crippen LogP contribution in [0.1, 0.15) is 239 Å². The Balaban J connectivity index is 3.90. The average Bonchev–Trinajstić information content (AvgIpc) is 3.11. The molecule has 0 spiro atoms. The number of amides is 1. The van der Waals surface area contributed by atoms with Gasteiger partial charge in [0.2, 0.25) is 5.91 Å². The fourth-order valence-electron chi connectivity index (χ4n) is 7.10. The van der Waals surface area contributed by atoms with E-state index >= 15 is 0 Å². The molecule has 310 valence electrons. The van der Waals surface area contributed by atoms with Crippen molar-refractivity contribution in [2.45, 2.75) is 257 Å². The molecule has 0 saturated carbocycles. The summed E-state index contributed by atoms with van der Waals surface area (Å²) < 4.78 is 32.6. The fourth-order valence-corrected chi connectivity index (χ4v) is 7.86. The Morgan fingerprint density at radius 1 is 0.500 bits per heavy atom. The van der Waals surface area contributed by atoms with E-state index in [4.69, 9.17) is 0 Å². The van der Waals surface area contributed by atoms with E-state index in [1.54, 1.807) is 0 Å². The Labute approximate surface area is 323 Å². The van der Waals surface area contributed by atoms with Crippen LogP contribution >= 0.6 is 0 Å². The first-order valence-electron chi connectivity index (χ1n) is 22.5. The quantitative estimate of drug-likeness (QED) is 0.0280. The first-order chi connectivity index (χ1) is 25.2. The van der Waals surface area contributed by atoms with E-state index in [0.29, 0.717) is 19.3 Å². The minimum atomic E-state index is -4.41. The topological polar surface area (TPSA) is 124 Å². The van der Waals surface area contributed by atoms with Crippen molar-refractivity contribution >= 4 is 16.0 Å². The van der Waals surface area contributed by atoms with Crippen LogP contribution in [0, 0.1) is 0 Å². The van der Waals surface area contributed by atoms with Gasteiger partial charge in [0.25, 0.3) is 10.1 Å². The van der Waals surface area contributed by atoms with Gasteiger partial charge in [-0.25, -0.2) is 0 Å². The van der Waals surface area contributed by atoms with Gasteiger partial charge in [-0.05, 0) is 38.5 Å². The van der Waals surface area contributed by atoms with Gasteiger partial charge < -0.3 is 15.5 Å². The van der Waals surface area contributed by atoms with Gasteiger partial charge >= 0.3 is 0 Å².